The maximum Gasteiger partial charge on any atom is 0.267 e. The lowest BCUT2D eigenvalue weighted by molar-refractivity contribution is -0.125. The van der Waals surface area contributed by atoms with Crippen molar-refractivity contribution in [2.24, 2.45) is 0 Å². The molecule has 3 aromatic rings. The Morgan fingerprint density at radius 3 is 2.52 bits per heavy atom. The van der Waals surface area contributed by atoms with Gasteiger partial charge in [0.1, 0.15) is 5.75 Å². The molecule has 170 valence electrons. The average Bonchev–Trinajstić information content (AvgIpc) is 2.84. The van der Waals surface area contributed by atoms with Gasteiger partial charge in [-0.25, -0.2) is 0 Å². The highest BCUT2D eigenvalue weighted by Crippen LogP contribution is 2.36. The highest BCUT2D eigenvalue weighted by Gasteiger charge is 2.31. The molecule has 0 saturated carbocycles. The van der Waals surface area contributed by atoms with Crippen molar-refractivity contribution in [3.63, 3.8) is 0 Å². The molecule has 1 atom stereocenters. The molecule has 7 nitrogen and oxygen atoms in total. The number of hydrogen-bond acceptors (Lipinski definition) is 5. The van der Waals surface area contributed by atoms with Gasteiger partial charge in [0, 0.05) is 12.2 Å². The lowest BCUT2D eigenvalue weighted by Crippen LogP contribution is -2.45. The second-order valence-electron chi connectivity index (χ2n) is 7.66. The number of rotatable bonds is 8. The summed E-state index contributed by atoms with van der Waals surface area (Å²) in [5.74, 6) is 1.21. The lowest BCUT2D eigenvalue weighted by Gasteiger charge is -2.33. The van der Waals surface area contributed by atoms with Crippen molar-refractivity contribution in [3.05, 3.63) is 78.4 Å². The van der Waals surface area contributed by atoms with E-state index in [1.165, 1.54) is 0 Å². The van der Waals surface area contributed by atoms with Crippen molar-refractivity contribution in [2.45, 2.75) is 19.4 Å². The summed E-state index contributed by atoms with van der Waals surface area (Å²) in [7, 11) is 1.54. The predicted molar refractivity (Wildman–Crippen MR) is 126 cm³/mol. The van der Waals surface area contributed by atoms with Gasteiger partial charge in [-0.1, -0.05) is 42.5 Å². The SMILES string of the molecule is COc1ccccc1OCC(=O)Nc1ccc2c(c1)N(CCc1ccccc1)C(=O)C(C)O2. The molecular weight excluding hydrogens is 420 g/mol. The van der Waals surface area contributed by atoms with E-state index in [4.69, 9.17) is 14.2 Å². The molecule has 0 aromatic heterocycles. The van der Waals surface area contributed by atoms with Gasteiger partial charge in [-0.15, -0.1) is 0 Å². The van der Waals surface area contributed by atoms with Crippen molar-refractivity contribution in [1.29, 1.82) is 0 Å². The molecule has 0 bridgehead atoms. The number of hydrogen-bond donors (Lipinski definition) is 1. The number of ether oxygens (including phenoxy) is 3. The van der Waals surface area contributed by atoms with E-state index in [1.54, 1.807) is 55.3 Å². The molecule has 0 saturated heterocycles. The second kappa shape index (κ2) is 10.1. The molecule has 3 aromatic carbocycles. The van der Waals surface area contributed by atoms with Crippen LogP contribution in [0.3, 0.4) is 0 Å². The van der Waals surface area contributed by atoms with Crippen LogP contribution in [0.4, 0.5) is 11.4 Å². The van der Waals surface area contributed by atoms with E-state index >= 15 is 0 Å². The molecule has 0 spiro atoms. The van der Waals surface area contributed by atoms with Gasteiger partial charge in [0.2, 0.25) is 0 Å². The first-order valence-electron chi connectivity index (χ1n) is 10.8. The van der Waals surface area contributed by atoms with E-state index in [2.05, 4.69) is 5.32 Å². The molecule has 4 rings (SSSR count). The van der Waals surface area contributed by atoms with E-state index in [9.17, 15) is 9.59 Å². The zero-order valence-electron chi connectivity index (χ0n) is 18.6. The van der Waals surface area contributed by atoms with Gasteiger partial charge in [0.25, 0.3) is 11.8 Å². The van der Waals surface area contributed by atoms with E-state index in [-0.39, 0.29) is 18.4 Å². The Morgan fingerprint density at radius 1 is 1.03 bits per heavy atom. The van der Waals surface area contributed by atoms with Crippen molar-refractivity contribution in [1.82, 2.24) is 0 Å². The molecule has 1 N–H and O–H groups in total. The van der Waals surface area contributed by atoms with Gasteiger partial charge in [-0.2, -0.15) is 0 Å². The first-order valence-corrected chi connectivity index (χ1v) is 10.8. The summed E-state index contributed by atoms with van der Waals surface area (Å²) in [6.45, 7) is 2.07. The molecule has 2 amide bonds. The summed E-state index contributed by atoms with van der Waals surface area (Å²) in [4.78, 5) is 27.0. The number of amides is 2. The third-order valence-corrected chi connectivity index (χ3v) is 5.35. The summed E-state index contributed by atoms with van der Waals surface area (Å²) in [6.07, 6.45) is 0.144. The normalized spacial score (nSPS) is 14.8. The van der Waals surface area contributed by atoms with Gasteiger partial charge in [-0.05, 0) is 49.2 Å². The molecule has 0 aliphatic carbocycles. The molecule has 33 heavy (non-hydrogen) atoms. The first-order chi connectivity index (χ1) is 16.0. The Labute approximate surface area is 192 Å². The molecule has 1 aliphatic rings. The van der Waals surface area contributed by atoms with Crippen molar-refractivity contribution < 1.29 is 23.8 Å². The van der Waals surface area contributed by atoms with E-state index < -0.39 is 6.10 Å². The molecule has 1 unspecified atom stereocenters. The van der Waals surface area contributed by atoms with Gasteiger partial charge < -0.3 is 24.4 Å². The summed E-state index contributed by atoms with van der Waals surface area (Å²) in [5.41, 5.74) is 2.33. The summed E-state index contributed by atoms with van der Waals surface area (Å²) < 4.78 is 16.6. The van der Waals surface area contributed by atoms with Crippen molar-refractivity contribution in [3.8, 4) is 17.2 Å². The van der Waals surface area contributed by atoms with Crippen LogP contribution in [0.25, 0.3) is 0 Å². The highest BCUT2D eigenvalue weighted by atomic mass is 16.5. The number of carbonyl (C=O) groups is 2. The summed E-state index contributed by atoms with van der Waals surface area (Å²) in [5, 5.41) is 2.82. The number of para-hydroxylation sites is 2. The van der Waals surface area contributed by atoms with Gasteiger partial charge >= 0.3 is 0 Å². The summed E-state index contributed by atoms with van der Waals surface area (Å²) in [6, 6.07) is 22.4. The number of fused-ring (bicyclic) bond motifs is 1. The van der Waals surface area contributed by atoms with E-state index in [1.807, 2.05) is 36.4 Å². The monoisotopic (exact) mass is 446 g/mol. The number of nitrogens with zero attached hydrogens (tertiary/aromatic N) is 1. The van der Waals surface area contributed by atoms with Crippen LogP contribution in [0, 0.1) is 0 Å². The van der Waals surface area contributed by atoms with Crippen LogP contribution in [0.5, 0.6) is 17.2 Å². The fourth-order valence-corrected chi connectivity index (χ4v) is 3.68. The fraction of sp³-hybridized carbons (Fsp3) is 0.231. The quantitative estimate of drug-likeness (QED) is 0.565. The number of nitrogens with one attached hydrogen (secondary N) is 1. The second-order valence-corrected chi connectivity index (χ2v) is 7.66. The van der Waals surface area contributed by atoms with E-state index in [0.717, 1.165) is 5.56 Å². The Bertz CT molecular complexity index is 1130. The van der Waals surface area contributed by atoms with Crippen LogP contribution in [-0.4, -0.2) is 38.2 Å². The zero-order chi connectivity index (χ0) is 23.2. The third kappa shape index (κ3) is 5.26. The maximum atomic E-state index is 12.8. The number of benzene rings is 3. The molecule has 1 aliphatic heterocycles. The smallest absolute Gasteiger partial charge is 0.267 e. The van der Waals surface area contributed by atoms with Crippen molar-refractivity contribution >= 4 is 23.2 Å². The van der Waals surface area contributed by atoms with Crippen LogP contribution < -0.4 is 24.4 Å². The molecule has 7 heteroatoms. The minimum atomic E-state index is -0.567. The fourth-order valence-electron chi connectivity index (χ4n) is 3.68. The number of anilines is 2. The average molecular weight is 447 g/mol. The van der Waals surface area contributed by atoms with Crippen LogP contribution in [-0.2, 0) is 16.0 Å². The largest absolute Gasteiger partial charge is 0.493 e. The Kier molecular flexibility index (Phi) is 6.78. The standard InChI is InChI=1S/C26H26N2O5/c1-18-26(30)28(15-14-19-8-4-3-5-9-19)21-16-20(12-13-22(21)33-18)27-25(29)17-32-24-11-7-6-10-23(24)31-2/h3-13,16,18H,14-15,17H2,1-2H3,(H,27,29). The number of methoxy groups -OCH3 is 1. The Hall–Kier alpha value is -4.00. The Balaban J connectivity index is 1.45. The van der Waals surface area contributed by atoms with Gasteiger partial charge in [0.05, 0.1) is 12.8 Å². The zero-order valence-corrected chi connectivity index (χ0v) is 18.6. The summed E-state index contributed by atoms with van der Waals surface area (Å²) >= 11 is 0. The lowest BCUT2D eigenvalue weighted by atomic mass is 10.1. The van der Waals surface area contributed by atoms with Crippen LogP contribution in [0.1, 0.15) is 12.5 Å². The first kappa shape index (κ1) is 22.2. The minimum absolute atomic E-state index is 0.110. The van der Waals surface area contributed by atoms with Gasteiger partial charge in [0.15, 0.2) is 24.2 Å². The van der Waals surface area contributed by atoms with E-state index in [0.29, 0.717) is 41.6 Å². The molecule has 0 radical (unpaired) electrons. The molecule has 1 heterocycles. The third-order valence-electron chi connectivity index (χ3n) is 5.35. The highest BCUT2D eigenvalue weighted by molar-refractivity contribution is 6.01. The maximum absolute atomic E-state index is 12.8. The Morgan fingerprint density at radius 2 is 1.76 bits per heavy atom. The minimum Gasteiger partial charge on any atom is -0.493 e. The van der Waals surface area contributed by atoms with Crippen LogP contribution in [0.2, 0.25) is 0 Å². The number of carbonyl (C=O) groups excluding carboxylic acids is 2. The molecular formula is C26H26N2O5. The topological polar surface area (TPSA) is 77.1 Å². The van der Waals surface area contributed by atoms with Crippen molar-refractivity contribution in [2.75, 3.05) is 30.5 Å². The predicted octanol–water partition coefficient (Wildman–Crippen LogP) is 4.07. The van der Waals surface area contributed by atoms with Gasteiger partial charge in [-0.3, -0.25) is 9.59 Å². The van der Waals surface area contributed by atoms with Crippen LogP contribution in [0.15, 0.2) is 72.8 Å². The molecule has 0 fully saturated rings. The van der Waals surface area contributed by atoms with Crippen LogP contribution >= 0.6 is 0 Å².